The summed E-state index contributed by atoms with van der Waals surface area (Å²) in [4.78, 5) is 0. The molecule has 2 atom stereocenters. The van der Waals surface area contributed by atoms with Gasteiger partial charge in [0.05, 0.1) is 17.7 Å². The van der Waals surface area contributed by atoms with Crippen LogP contribution < -0.4 is 11.1 Å². The van der Waals surface area contributed by atoms with Crippen molar-refractivity contribution in [2.75, 3.05) is 11.9 Å². The Bertz CT molecular complexity index is 775. The Morgan fingerprint density at radius 2 is 1.42 bits per heavy atom. The van der Waals surface area contributed by atoms with Gasteiger partial charge in [0.25, 0.3) is 0 Å². The van der Waals surface area contributed by atoms with Crippen LogP contribution in [0.25, 0.3) is 0 Å². The zero-order chi connectivity index (χ0) is 24.1. The number of alkyl halides is 3. The van der Waals surface area contributed by atoms with Crippen LogP contribution in [0.5, 0.6) is 0 Å². The summed E-state index contributed by atoms with van der Waals surface area (Å²) in [6, 6.07) is 11.9. The van der Waals surface area contributed by atoms with Gasteiger partial charge in [-0.05, 0) is 48.2 Å². The van der Waals surface area contributed by atoms with E-state index in [-0.39, 0.29) is 6.10 Å². The molecule has 0 saturated heterocycles. The van der Waals surface area contributed by atoms with E-state index in [1.165, 1.54) is 57.1 Å². The Morgan fingerprint density at radius 3 is 2.00 bits per heavy atom. The second-order valence-corrected chi connectivity index (χ2v) is 8.87. The smallest absolute Gasteiger partial charge is 0.391 e. The van der Waals surface area contributed by atoms with Gasteiger partial charge in [-0.3, -0.25) is 0 Å². The highest BCUT2D eigenvalue weighted by Crippen LogP contribution is 2.30. The van der Waals surface area contributed by atoms with E-state index < -0.39 is 17.8 Å². The maximum absolute atomic E-state index is 12.7. The highest BCUT2D eigenvalue weighted by Gasteiger charge is 2.30. The highest BCUT2D eigenvalue weighted by molar-refractivity contribution is 5.45. The Morgan fingerprint density at radius 1 is 0.848 bits per heavy atom. The van der Waals surface area contributed by atoms with Crippen LogP contribution in [0, 0.1) is 0 Å². The quantitative estimate of drug-likeness (QED) is 0.268. The standard InChI is InChI=1S/C27H38F3N2O/c1-2-3-4-5-6-7-8-9-10-25(33)20-32-24-17-11-21(12-18-24)19-26(31)22-13-15-23(16-14-22)27(28,29)30/h11-18,25-26,31-33H,2-10,19-20H2,1H3. The molecule has 0 spiro atoms. The molecular weight excluding hydrogens is 425 g/mol. The van der Waals surface area contributed by atoms with Crippen molar-refractivity contribution in [2.24, 2.45) is 0 Å². The fourth-order valence-corrected chi connectivity index (χ4v) is 3.87. The molecule has 0 saturated carbocycles. The molecule has 0 aliphatic carbocycles. The predicted molar refractivity (Wildman–Crippen MR) is 129 cm³/mol. The van der Waals surface area contributed by atoms with Crippen molar-refractivity contribution in [1.82, 2.24) is 5.73 Å². The summed E-state index contributed by atoms with van der Waals surface area (Å²) in [5.74, 6) is 0. The van der Waals surface area contributed by atoms with Crippen molar-refractivity contribution in [3.63, 3.8) is 0 Å². The second kappa shape index (κ2) is 14.3. The summed E-state index contributed by atoms with van der Waals surface area (Å²) in [5, 5.41) is 13.4. The lowest BCUT2D eigenvalue weighted by molar-refractivity contribution is -0.137. The first-order valence-corrected chi connectivity index (χ1v) is 12.2. The molecule has 2 aromatic rings. The van der Waals surface area contributed by atoms with E-state index in [1.54, 1.807) is 0 Å². The molecule has 0 aliphatic rings. The van der Waals surface area contributed by atoms with E-state index in [9.17, 15) is 18.3 Å². The van der Waals surface area contributed by atoms with Crippen LogP contribution in [0.15, 0.2) is 48.5 Å². The van der Waals surface area contributed by atoms with Crippen LogP contribution in [0.1, 0.15) is 87.4 Å². The molecular formula is C27H38F3N2O. The summed E-state index contributed by atoms with van der Waals surface area (Å²) in [7, 11) is 0. The number of nitrogens with one attached hydrogen (secondary N) is 2. The van der Waals surface area contributed by atoms with Crippen molar-refractivity contribution >= 4 is 5.69 Å². The molecule has 3 nitrogen and oxygen atoms in total. The summed E-state index contributed by atoms with van der Waals surface area (Å²) in [5.41, 5.74) is 9.99. The van der Waals surface area contributed by atoms with Gasteiger partial charge in [-0.25, -0.2) is 5.73 Å². The number of halogens is 3. The van der Waals surface area contributed by atoms with E-state index in [4.69, 9.17) is 5.73 Å². The number of anilines is 1. The first kappa shape index (κ1) is 27.2. The molecule has 1 radical (unpaired) electrons. The molecule has 183 valence electrons. The lowest BCUT2D eigenvalue weighted by Crippen LogP contribution is -2.19. The SMILES string of the molecule is CCCCCCCCCCC(O)CNc1ccc(CC([NH])c2ccc(C(F)(F)F)cc2)cc1. The molecule has 0 heterocycles. The molecule has 0 aromatic heterocycles. The first-order valence-electron chi connectivity index (χ1n) is 12.2. The van der Waals surface area contributed by atoms with Gasteiger partial charge in [0, 0.05) is 12.2 Å². The average Bonchev–Trinajstić information content (AvgIpc) is 2.80. The normalized spacial score (nSPS) is 13.6. The van der Waals surface area contributed by atoms with Crippen molar-refractivity contribution in [3.05, 3.63) is 65.2 Å². The molecule has 33 heavy (non-hydrogen) atoms. The summed E-state index contributed by atoms with van der Waals surface area (Å²) >= 11 is 0. The van der Waals surface area contributed by atoms with E-state index in [2.05, 4.69) is 12.2 Å². The van der Waals surface area contributed by atoms with Gasteiger partial charge in [-0.1, -0.05) is 82.6 Å². The van der Waals surface area contributed by atoms with E-state index in [0.717, 1.165) is 36.2 Å². The summed E-state index contributed by atoms with van der Waals surface area (Å²) in [6.45, 7) is 2.73. The third-order valence-corrected chi connectivity index (χ3v) is 5.97. The van der Waals surface area contributed by atoms with Crippen LogP contribution in [0.3, 0.4) is 0 Å². The minimum atomic E-state index is -4.36. The van der Waals surface area contributed by atoms with Crippen LogP contribution in [-0.2, 0) is 12.6 Å². The second-order valence-electron chi connectivity index (χ2n) is 8.87. The molecule has 6 heteroatoms. The monoisotopic (exact) mass is 463 g/mol. The minimum absolute atomic E-state index is 0.373. The summed E-state index contributed by atoms with van der Waals surface area (Å²) < 4.78 is 38.1. The summed E-state index contributed by atoms with van der Waals surface area (Å²) in [6.07, 6.45) is 6.49. The van der Waals surface area contributed by atoms with Gasteiger partial charge < -0.3 is 10.4 Å². The predicted octanol–water partition coefficient (Wildman–Crippen LogP) is 7.58. The Kier molecular flexibility index (Phi) is 11.8. The Labute approximate surface area is 196 Å². The first-order chi connectivity index (χ1) is 15.8. The number of hydrogen-bond acceptors (Lipinski definition) is 2. The molecule has 3 N–H and O–H groups in total. The van der Waals surface area contributed by atoms with E-state index in [1.807, 2.05) is 24.3 Å². The number of benzene rings is 2. The van der Waals surface area contributed by atoms with Crippen LogP contribution in [0.2, 0.25) is 0 Å². The number of aliphatic hydroxyl groups excluding tert-OH is 1. The average molecular weight is 464 g/mol. The fraction of sp³-hybridized carbons (Fsp3) is 0.556. The van der Waals surface area contributed by atoms with Crippen molar-refractivity contribution in [2.45, 2.75) is 89.5 Å². The number of rotatable bonds is 15. The van der Waals surface area contributed by atoms with E-state index >= 15 is 0 Å². The lowest BCUT2D eigenvalue weighted by atomic mass is 9.98. The Balaban J connectivity index is 1.67. The number of unbranched alkanes of at least 4 members (excludes halogenated alkanes) is 7. The van der Waals surface area contributed by atoms with Gasteiger partial charge in [0.15, 0.2) is 0 Å². The van der Waals surface area contributed by atoms with Crippen LogP contribution in [0.4, 0.5) is 18.9 Å². The molecule has 0 aliphatic heterocycles. The van der Waals surface area contributed by atoms with Crippen molar-refractivity contribution in [1.29, 1.82) is 0 Å². The van der Waals surface area contributed by atoms with Gasteiger partial charge in [-0.2, -0.15) is 13.2 Å². The third kappa shape index (κ3) is 10.6. The van der Waals surface area contributed by atoms with E-state index in [0.29, 0.717) is 18.5 Å². The lowest BCUT2D eigenvalue weighted by Gasteiger charge is -2.15. The van der Waals surface area contributed by atoms with Crippen LogP contribution >= 0.6 is 0 Å². The fourth-order valence-electron chi connectivity index (χ4n) is 3.87. The van der Waals surface area contributed by atoms with Gasteiger partial charge in [0.2, 0.25) is 0 Å². The van der Waals surface area contributed by atoms with Gasteiger partial charge >= 0.3 is 6.18 Å². The molecule has 2 rings (SSSR count). The zero-order valence-corrected chi connectivity index (χ0v) is 19.6. The topological polar surface area (TPSA) is 56.1 Å². The third-order valence-electron chi connectivity index (χ3n) is 5.97. The molecule has 2 aromatic carbocycles. The maximum atomic E-state index is 12.7. The number of aliphatic hydroxyl groups is 1. The van der Waals surface area contributed by atoms with Crippen molar-refractivity contribution < 1.29 is 18.3 Å². The Hall–Kier alpha value is -2.05. The van der Waals surface area contributed by atoms with Gasteiger partial charge in [0.1, 0.15) is 0 Å². The highest BCUT2D eigenvalue weighted by atomic mass is 19.4. The van der Waals surface area contributed by atoms with Crippen LogP contribution in [-0.4, -0.2) is 17.8 Å². The molecule has 2 unspecified atom stereocenters. The largest absolute Gasteiger partial charge is 0.416 e. The van der Waals surface area contributed by atoms with Gasteiger partial charge in [-0.15, -0.1) is 0 Å². The number of hydrogen-bond donors (Lipinski definition) is 2. The molecule has 0 bridgehead atoms. The van der Waals surface area contributed by atoms with Crippen molar-refractivity contribution in [3.8, 4) is 0 Å². The molecule has 0 fully saturated rings. The maximum Gasteiger partial charge on any atom is 0.416 e. The zero-order valence-electron chi connectivity index (χ0n) is 19.6. The minimum Gasteiger partial charge on any atom is -0.391 e. The molecule has 0 amide bonds.